The lowest BCUT2D eigenvalue weighted by Crippen LogP contribution is -1.93. The van der Waals surface area contributed by atoms with Crippen LogP contribution in [0.1, 0.15) is 5.56 Å². The van der Waals surface area contributed by atoms with Gasteiger partial charge in [-0.1, -0.05) is 24.3 Å². The summed E-state index contributed by atoms with van der Waals surface area (Å²) in [5.41, 5.74) is 5.63. The number of hydrogen-bond acceptors (Lipinski definition) is 1. The van der Waals surface area contributed by atoms with Gasteiger partial charge in [-0.25, -0.2) is 4.39 Å². The summed E-state index contributed by atoms with van der Waals surface area (Å²) in [5, 5.41) is 0.326. The van der Waals surface area contributed by atoms with Gasteiger partial charge in [-0.15, -0.1) is 0 Å². The monoisotopic (exact) mass is 171 g/mol. The van der Waals surface area contributed by atoms with Gasteiger partial charge in [0.05, 0.1) is 10.7 Å². The average molecular weight is 172 g/mol. The first-order valence-corrected chi connectivity index (χ1v) is 3.40. The molecule has 0 aliphatic rings. The second kappa shape index (κ2) is 2.93. The molecule has 0 atom stereocenters. The second-order valence-corrected chi connectivity index (χ2v) is 2.48. The van der Waals surface area contributed by atoms with Crippen molar-refractivity contribution in [2.45, 2.75) is 0 Å². The minimum atomic E-state index is -0.507. The van der Waals surface area contributed by atoms with Crippen molar-refractivity contribution in [1.29, 1.82) is 0 Å². The predicted molar refractivity (Wildman–Crippen MR) is 45.9 cm³/mol. The first-order chi connectivity index (χ1) is 5.16. The molecule has 1 aromatic carbocycles. The van der Waals surface area contributed by atoms with Crippen molar-refractivity contribution in [3.63, 3.8) is 0 Å². The molecule has 0 radical (unpaired) electrons. The van der Waals surface area contributed by atoms with E-state index in [9.17, 15) is 4.39 Å². The Kier molecular flexibility index (Phi) is 2.15. The van der Waals surface area contributed by atoms with Gasteiger partial charge >= 0.3 is 0 Å². The molecule has 0 aromatic heterocycles. The largest absolute Gasteiger partial charge is 0.396 e. The van der Waals surface area contributed by atoms with Gasteiger partial charge in [-0.05, 0) is 12.1 Å². The van der Waals surface area contributed by atoms with Gasteiger partial charge < -0.3 is 5.73 Å². The third-order valence-corrected chi connectivity index (χ3v) is 1.69. The molecular formula is C8H7ClFN. The van der Waals surface area contributed by atoms with E-state index < -0.39 is 5.82 Å². The maximum Gasteiger partial charge on any atom is 0.154 e. The van der Waals surface area contributed by atoms with Crippen molar-refractivity contribution in [3.05, 3.63) is 35.1 Å². The lowest BCUT2D eigenvalue weighted by molar-refractivity contribution is 0.630. The maximum atomic E-state index is 13.0. The zero-order valence-corrected chi connectivity index (χ0v) is 6.53. The molecule has 11 heavy (non-hydrogen) atoms. The van der Waals surface area contributed by atoms with E-state index >= 15 is 0 Å². The van der Waals surface area contributed by atoms with Crippen molar-refractivity contribution >= 4 is 23.4 Å². The van der Waals surface area contributed by atoms with Crippen LogP contribution in [-0.4, -0.2) is 0 Å². The highest BCUT2D eigenvalue weighted by atomic mass is 35.5. The summed E-state index contributed by atoms with van der Waals surface area (Å²) in [6, 6.07) is 2.96. The molecule has 0 saturated heterocycles. The maximum absolute atomic E-state index is 13.0. The number of halogens is 2. The molecule has 0 fully saturated rings. The standard InChI is InChI=1S/C8H7ClFN/c1-2-5-6(9)3-4-7(11)8(5)10/h2-4H,1,11H2. The molecule has 1 aromatic rings. The number of benzene rings is 1. The molecule has 0 aliphatic carbocycles. The summed E-state index contributed by atoms with van der Waals surface area (Å²) in [5.74, 6) is -0.507. The van der Waals surface area contributed by atoms with Crippen LogP contribution >= 0.6 is 11.6 Å². The van der Waals surface area contributed by atoms with Crippen LogP contribution in [0.4, 0.5) is 10.1 Å². The Bertz CT molecular complexity index is 296. The highest BCUT2D eigenvalue weighted by molar-refractivity contribution is 6.32. The lowest BCUT2D eigenvalue weighted by Gasteiger charge is -2.01. The van der Waals surface area contributed by atoms with E-state index in [0.29, 0.717) is 5.02 Å². The van der Waals surface area contributed by atoms with Gasteiger partial charge in [0.2, 0.25) is 0 Å². The zero-order chi connectivity index (χ0) is 8.43. The highest BCUT2D eigenvalue weighted by Gasteiger charge is 2.05. The molecular weight excluding hydrogens is 165 g/mol. The van der Waals surface area contributed by atoms with Crippen molar-refractivity contribution in [2.24, 2.45) is 0 Å². The van der Waals surface area contributed by atoms with Crippen LogP contribution in [0.5, 0.6) is 0 Å². The predicted octanol–water partition coefficient (Wildman–Crippen LogP) is 2.70. The number of nitrogens with two attached hydrogens (primary N) is 1. The molecule has 0 amide bonds. The van der Waals surface area contributed by atoms with Gasteiger partial charge in [0, 0.05) is 5.56 Å². The molecule has 2 N–H and O–H groups in total. The summed E-state index contributed by atoms with van der Waals surface area (Å²) >= 11 is 5.63. The van der Waals surface area contributed by atoms with Gasteiger partial charge in [-0.3, -0.25) is 0 Å². The van der Waals surface area contributed by atoms with Crippen molar-refractivity contribution < 1.29 is 4.39 Å². The normalized spacial score (nSPS) is 9.64. The van der Waals surface area contributed by atoms with E-state index in [1.54, 1.807) is 0 Å². The fourth-order valence-corrected chi connectivity index (χ4v) is 0.996. The SMILES string of the molecule is C=Cc1c(Cl)ccc(N)c1F. The number of anilines is 1. The van der Waals surface area contributed by atoms with Gasteiger partial charge in [0.1, 0.15) is 0 Å². The number of nitrogen functional groups attached to an aromatic ring is 1. The zero-order valence-electron chi connectivity index (χ0n) is 5.77. The molecule has 58 valence electrons. The summed E-state index contributed by atoms with van der Waals surface area (Å²) in [6.45, 7) is 3.41. The van der Waals surface area contributed by atoms with Crippen molar-refractivity contribution in [1.82, 2.24) is 0 Å². The highest BCUT2D eigenvalue weighted by Crippen LogP contribution is 2.24. The first kappa shape index (κ1) is 8.08. The Labute approximate surface area is 69.3 Å². The van der Waals surface area contributed by atoms with Crippen LogP contribution in [-0.2, 0) is 0 Å². The van der Waals surface area contributed by atoms with Crippen LogP contribution < -0.4 is 5.73 Å². The fourth-order valence-electron chi connectivity index (χ4n) is 0.773. The minimum absolute atomic E-state index is 0.0873. The van der Waals surface area contributed by atoms with Crippen LogP contribution in [0.2, 0.25) is 5.02 Å². The van der Waals surface area contributed by atoms with E-state index in [-0.39, 0.29) is 11.3 Å². The van der Waals surface area contributed by atoms with E-state index in [0.717, 1.165) is 0 Å². The Hall–Kier alpha value is -1.02. The third-order valence-electron chi connectivity index (χ3n) is 1.36. The summed E-state index contributed by atoms with van der Waals surface area (Å²) in [6.07, 6.45) is 1.34. The van der Waals surface area contributed by atoms with E-state index in [1.807, 2.05) is 0 Å². The van der Waals surface area contributed by atoms with Crippen LogP contribution in [0.25, 0.3) is 6.08 Å². The van der Waals surface area contributed by atoms with Crippen molar-refractivity contribution in [2.75, 3.05) is 5.73 Å². The lowest BCUT2D eigenvalue weighted by atomic mass is 10.2. The van der Waals surface area contributed by atoms with Crippen LogP contribution in [0.15, 0.2) is 18.7 Å². The summed E-state index contributed by atoms with van der Waals surface area (Å²) in [7, 11) is 0. The molecule has 0 unspecified atom stereocenters. The molecule has 3 heteroatoms. The summed E-state index contributed by atoms with van der Waals surface area (Å²) < 4.78 is 13.0. The average Bonchev–Trinajstić information content (AvgIpc) is 1.99. The van der Waals surface area contributed by atoms with Gasteiger partial charge in [0.25, 0.3) is 0 Å². The molecule has 0 aliphatic heterocycles. The molecule has 1 nitrogen and oxygen atoms in total. The smallest absolute Gasteiger partial charge is 0.154 e. The Balaban J connectivity index is 3.40. The number of hydrogen-bond donors (Lipinski definition) is 1. The summed E-state index contributed by atoms with van der Waals surface area (Å²) in [4.78, 5) is 0. The fraction of sp³-hybridized carbons (Fsp3) is 0. The second-order valence-electron chi connectivity index (χ2n) is 2.07. The Morgan fingerprint density at radius 2 is 2.18 bits per heavy atom. The topological polar surface area (TPSA) is 26.0 Å². The molecule has 0 bridgehead atoms. The van der Waals surface area contributed by atoms with Crippen LogP contribution in [0.3, 0.4) is 0 Å². The molecule has 0 spiro atoms. The van der Waals surface area contributed by atoms with E-state index in [1.165, 1.54) is 18.2 Å². The quantitative estimate of drug-likeness (QED) is 0.646. The van der Waals surface area contributed by atoms with Gasteiger partial charge in [0.15, 0.2) is 5.82 Å². The number of rotatable bonds is 1. The van der Waals surface area contributed by atoms with Crippen LogP contribution in [0, 0.1) is 5.82 Å². The molecule has 1 rings (SSSR count). The third kappa shape index (κ3) is 1.35. The molecule has 0 heterocycles. The van der Waals surface area contributed by atoms with Gasteiger partial charge in [-0.2, -0.15) is 0 Å². The first-order valence-electron chi connectivity index (χ1n) is 3.02. The van der Waals surface area contributed by atoms with Crippen molar-refractivity contribution in [3.8, 4) is 0 Å². The van der Waals surface area contributed by atoms with E-state index in [4.69, 9.17) is 17.3 Å². The van der Waals surface area contributed by atoms with E-state index in [2.05, 4.69) is 6.58 Å². The Morgan fingerprint density at radius 3 is 2.64 bits per heavy atom. The Morgan fingerprint density at radius 1 is 1.55 bits per heavy atom. The molecule has 0 saturated carbocycles. The minimum Gasteiger partial charge on any atom is -0.396 e.